The second-order valence-corrected chi connectivity index (χ2v) is 5.72. The lowest BCUT2D eigenvalue weighted by atomic mass is 9.90. The minimum Gasteiger partial charge on any atom is -0.334 e. The highest BCUT2D eigenvalue weighted by Gasteiger charge is 2.23. The van der Waals surface area contributed by atoms with Crippen LogP contribution in [0.25, 0.3) is 0 Å². The molecule has 1 saturated heterocycles. The number of carbonyl (C=O) groups excluding carboxylic acids is 1. The van der Waals surface area contributed by atoms with Crippen molar-refractivity contribution in [2.45, 2.75) is 25.3 Å². The quantitative estimate of drug-likeness (QED) is 0.941. The fourth-order valence-corrected chi connectivity index (χ4v) is 2.90. The zero-order valence-corrected chi connectivity index (χ0v) is 12.8. The predicted octanol–water partition coefficient (Wildman–Crippen LogP) is 1.90. The van der Waals surface area contributed by atoms with Crippen molar-refractivity contribution in [3.05, 3.63) is 48.0 Å². The van der Waals surface area contributed by atoms with Crippen molar-refractivity contribution >= 4 is 6.03 Å². The van der Waals surface area contributed by atoms with E-state index in [1.807, 2.05) is 30.5 Å². The number of hydrogen-bond acceptors (Lipinski definition) is 3. The predicted molar refractivity (Wildman–Crippen MR) is 83.2 cm³/mol. The van der Waals surface area contributed by atoms with Crippen molar-refractivity contribution in [2.24, 2.45) is 7.05 Å². The molecule has 116 valence electrons. The lowest BCUT2D eigenvalue weighted by molar-refractivity contribution is 0.181. The summed E-state index contributed by atoms with van der Waals surface area (Å²) in [6, 6.07) is 4.16. The van der Waals surface area contributed by atoms with Gasteiger partial charge in [0.2, 0.25) is 0 Å². The first kappa shape index (κ1) is 14.6. The molecule has 1 aliphatic heterocycles. The van der Waals surface area contributed by atoms with E-state index in [1.165, 1.54) is 5.56 Å². The highest BCUT2D eigenvalue weighted by atomic mass is 16.2. The van der Waals surface area contributed by atoms with E-state index in [4.69, 9.17) is 0 Å². The third kappa shape index (κ3) is 3.44. The smallest absolute Gasteiger partial charge is 0.317 e. The Labute approximate surface area is 130 Å². The van der Waals surface area contributed by atoms with Crippen LogP contribution in [0.15, 0.2) is 36.9 Å². The van der Waals surface area contributed by atoms with Gasteiger partial charge in [-0.05, 0) is 36.5 Å². The summed E-state index contributed by atoms with van der Waals surface area (Å²) in [7, 11) is 1.87. The van der Waals surface area contributed by atoms with Crippen LogP contribution in [-0.2, 0) is 13.6 Å². The number of urea groups is 1. The number of hydrogen-bond donors (Lipinski definition) is 1. The Morgan fingerprint density at radius 3 is 2.68 bits per heavy atom. The van der Waals surface area contributed by atoms with Crippen LogP contribution in [0.2, 0.25) is 0 Å². The van der Waals surface area contributed by atoms with Gasteiger partial charge in [0.25, 0.3) is 0 Å². The number of aryl methyl sites for hydroxylation is 1. The molecule has 1 aliphatic rings. The van der Waals surface area contributed by atoms with Gasteiger partial charge in [0, 0.05) is 50.8 Å². The minimum atomic E-state index is 0.0111. The average Bonchev–Trinajstić information content (AvgIpc) is 2.99. The highest BCUT2D eigenvalue weighted by molar-refractivity contribution is 5.74. The Morgan fingerprint density at radius 1 is 1.32 bits per heavy atom. The molecule has 0 aliphatic carbocycles. The third-order valence-corrected chi connectivity index (χ3v) is 4.16. The van der Waals surface area contributed by atoms with Crippen LogP contribution in [0.4, 0.5) is 4.79 Å². The molecule has 0 aromatic carbocycles. The van der Waals surface area contributed by atoms with Crippen molar-refractivity contribution in [1.29, 1.82) is 0 Å². The molecular formula is C16H21N5O. The van der Waals surface area contributed by atoms with Gasteiger partial charge in [0.05, 0.1) is 6.20 Å². The SMILES string of the molecule is Cn1cc(CNC(=O)N2CCC(c3ccncc3)CC2)cn1. The summed E-state index contributed by atoms with van der Waals surface area (Å²) in [6.07, 6.45) is 9.37. The molecule has 3 rings (SSSR count). The fourth-order valence-electron chi connectivity index (χ4n) is 2.90. The van der Waals surface area contributed by atoms with E-state index in [0.717, 1.165) is 31.5 Å². The van der Waals surface area contributed by atoms with Crippen molar-refractivity contribution in [3.63, 3.8) is 0 Å². The summed E-state index contributed by atoms with van der Waals surface area (Å²) in [4.78, 5) is 18.2. The molecule has 2 amide bonds. The molecule has 2 aromatic heterocycles. The molecule has 1 fully saturated rings. The van der Waals surface area contributed by atoms with Crippen LogP contribution in [0.1, 0.15) is 29.9 Å². The molecule has 3 heterocycles. The maximum atomic E-state index is 12.2. The van der Waals surface area contributed by atoms with E-state index in [0.29, 0.717) is 12.5 Å². The zero-order valence-electron chi connectivity index (χ0n) is 12.8. The fraction of sp³-hybridized carbons (Fsp3) is 0.438. The first-order valence-corrected chi connectivity index (χ1v) is 7.62. The van der Waals surface area contributed by atoms with E-state index >= 15 is 0 Å². The van der Waals surface area contributed by atoms with Gasteiger partial charge >= 0.3 is 6.03 Å². The average molecular weight is 299 g/mol. The minimum absolute atomic E-state index is 0.0111. The molecule has 0 bridgehead atoms. The van der Waals surface area contributed by atoms with Gasteiger partial charge < -0.3 is 10.2 Å². The lowest BCUT2D eigenvalue weighted by Gasteiger charge is -2.32. The van der Waals surface area contributed by atoms with Crippen LogP contribution in [0, 0.1) is 0 Å². The maximum absolute atomic E-state index is 12.2. The number of likely N-dealkylation sites (tertiary alicyclic amines) is 1. The van der Waals surface area contributed by atoms with Crippen LogP contribution >= 0.6 is 0 Å². The molecule has 0 atom stereocenters. The van der Waals surface area contributed by atoms with Crippen molar-refractivity contribution < 1.29 is 4.79 Å². The van der Waals surface area contributed by atoms with Crippen molar-refractivity contribution in [2.75, 3.05) is 13.1 Å². The van der Waals surface area contributed by atoms with E-state index in [9.17, 15) is 4.79 Å². The molecule has 6 nitrogen and oxygen atoms in total. The normalized spacial score (nSPS) is 15.8. The number of carbonyl (C=O) groups is 1. The van der Waals surface area contributed by atoms with Gasteiger partial charge in [-0.25, -0.2) is 4.79 Å². The van der Waals surface area contributed by atoms with Crippen LogP contribution in [0.5, 0.6) is 0 Å². The van der Waals surface area contributed by atoms with Gasteiger partial charge in [-0.2, -0.15) is 5.10 Å². The summed E-state index contributed by atoms with van der Waals surface area (Å²) in [5.74, 6) is 0.533. The molecule has 1 N–H and O–H groups in total. The van der Waals surface area contributed by atoms with Crippen molar-refractivity contribution in [3.8, 4) is 0 Å². The van der Waals surface area contributed by atoms with E-state index < -0.39 is 0 Å². The van der Waals surface area contributed by atoms with E-state index in [1.54, 1.807) is 10.9 Å². The Hall–Kier alpha value is -2.37. The monoisotopic (exact) mass is 299 g/mol. The number of nitrogens with zero attached hydrogens (tertiary/aromatic N) is 4. The summed E-state index contributed by atoms with van der Waals surface area (Å²) in [5, 5.41) is 7.06. The van der Waals surface area contributed by atoms with Crippen LogP contribution in [-0.4, -0.2) is 38.8 Å². The zero-order chi connectivity index (χ0) is 15.4. The highest BCUT2D eigenvalue weighted by Crippen LogP contribution is 2.27. The van der Waals surface area contributed by atoms with Crippen LogP contribution < -0.4 is 5.32 Å². The number of rotatable bonds is 3. The summed E-state index contributed by atoms with van der Waals surface area (Å²) in [5.41, 5.74) is 2.34. The molecule has 0 saturated carbocycles. The van der Waals surface area contributed by atoms with Gasteiger partial charge in [-0.3, -0.25) is 9.67 Å². The molecular weight excluding hydrogens is 278 g/mol. The molecule has 22 heavy (non-hydrogen) atoms. The van der Waals surface area contributed by atoms with E-state index in [-0.39, 0.29) is 6.03 Å². The maximum Gasteiger partial charge on any atom is 0.317 e. The van der Waals surface area contributed by atoms with Gasteiger partial charge in [-0.15, -0.1) is 0 Å². The molecule has 0 spiro atoms. The molecule has 0 unspecified atom stereocenters. The second-order valence-electron chi connectivity index (χ2n) is 5.72. The first-order valence-electron chi connectivity index (χ1n) is 7.62. The Morgan fingerprint density at radius 2 is 2.05 bits per heavy atom. The molecule has 6 heteroatoms. The summed E-state index contributed by atoms with van der Waals surface area (Å²) < 4.78 is 1.74. The van der Waals surface area contributed by atoms with E-state index in [2.05, 4.69) is 27.5 Å². The first-order chi connectivity index (χ1) is 10.7. The Balaban J connectivity index is 1.47. The topological polar surface area (TPSA) is 63.1 Å². The number of piperidine rings is 1. The largest absolute Gasteiger partial charge is 0.334 e. The van der Waals surface area contributed by atoms with Gasteiger partial charge in [0.15, 0.2) is 0 Å². The van der Waals surface area contributed by atoms with Gasteiger partial charge in [-0.1, -0.05) is 0 Å². The molecule has 0 radical (unpaired) electrons. The molecule has 2 aromatic rings. The number of amides is 2. The third-order valence-electron chi connectivity index (χ3n) is 4.16. The van der Waals surface area contributed by atoms with Gasteiger partial charge in [0.1, 0.15) is 0 Å². The number of aromatic nitrogens is 3. The second kappa shape index (κ2) is 6.60. The Bertz CT molecular complexity index is 616. The van der Waals surface area contributed by atoms with Crippen LogP contribution in [0.3, 0.4) is 0 Å². The number of nitrogens with one attached hydrogen (secondary N) is 1. The summed E-state index contributed by atoms with van der Waals surface area (Å²) in [6.45, 7) is 2.12. The Kier molecular flexibility index (Phi) is 4.37. The summed E-state index contributed by atoms with van der Waals surface area (Å²) >= 11 is 0. The lowest BCUT2D eigenvalue weighted by Crippen LogP contribution is -2.43. The van der Waals surface area contributed by atoms with Crippen molar-refractivity contribution in [1.82, 2.24) is 25.0 Å². The number of pyridine rings is 1. The standard InChI is InChI=1S/C16H21N5O/c1-20-12-13(11-19-20)10-18-16(22)21-8-4-15(5-9-21)14-2-6-17-7-3-14/h2-3,6-7,11-12,15H,4-5,8-10H2,1H3,(H,18,22).